The number of anilines is 1. The van der Waals surface area contributed by atoms with E-state index in [0.717, 1.165) is 18.3 Å². The molecule has 1 fully saturated rings. The Hall–Kier alpha value is -2.42. The maximum atomic E-state index is 13.1. The van der Waals surface area contributed by atoms with Gasteiger partial charge in [-0.15, -0.1) is 0 Å². The van der Waals surface area contributed by atoms with Crippen LogP contribution in [-0.2, 0) is 6.18 Å². The van der Waals surface area contributed by atoms with Crippen LogP contribution in [-0.4, -0.2) is 47.0 Å². The van der Waals surface area contributed by atoms with Crippen molar-refractivity contribution in [2.45, 2.75) is 6.18 Å². The van der Waals surface area contributed by atoms with Crippen LogP contribution in [0.5, 0.6) is 0 Å². The standard InChI is InChI=1S/C16H13ClF4N4O/c17-12-8-11(16(19,20)21)9-23-14(12)24-3-5-25(6-4-24)15(26)10-1-2-22-13(18)7-10/h1-2,7-9H,3-6H2. The van der Waals surface area contributed by atoms with Gasteiger partial charge in [0.15, 0.2) is 0 Å². The van der Waals surface area contributed by atoms with Crippen LogP contribution < -0.4 is 4.90 Å². The Morgan fingerprint density at radius 1 is 1.12 bits per heavy atom. The van der Waals surface area contributed by atoms with Crippen LogP contribution in [0.2, 0.25) is 5.02 Å². The van der Waals surface area contributed by atoms with Crippen molar-refractivity contribution < 1.29 is 22.4 Å². The zero-order valence-electron chi connectivity index (χ0n) is 13.3. The van der Waals surface area contributed by atoms with Gasteiger partial charge in [-0.3, -0.25) is 4.79 Å². The van der Waals surface area contributed by atoms with E-state index in [1.165, 1.54) is 17.2 Å². The summed E-state index contributed by atoms with van der Waals surface area (Å²) in [5.41, 5.74) is -0.726. The fraction of sp³-hybridized carbons (Fsp3) is 0.312. The SMILES string of the molecule is O=C(c1ccnc(F)c1)N1CCN(c2ncc(C(F)(F)F)cc2Cl)CC1. The predicted molar refractivity (Wildman–Crippen MR) is 86.6 cm³/mol. The maximum absolute atomic E-state index is 13.1. The van der Waals surface area contributed by atoms with E-state index in [0.29, 0.717) is 26.2 Å². The van der Waals surface area contributed by atoms with Crippen molar-refractivity contribution in [1.29, 1.82) is 0 Å². The Bertz CT molecular complexity index is 822. The third kappa shape index (κ3) is 3.87. The van der Waals surface area contributed by atoms with Gasteiger partial charge >= 0.3 is 6.18 Å². The summed E-state index contributed by atoms with van der Waals surface area (Å²) >= 11 is 5.95. The van der Waals surface area contributed by atoms with Crippen LogP contribution in [0, 0.1) is 5.95 Å². The zero-order chi connectivity index (χ0) is 18.9. The number of nitrogens with zero attached hydrogens (tertiary/aromatic N) is 4. The predicted octanol–water partition coefficient (Wildman–Crippen LogP) is 3.25. The van der Waals surface area contributed by atoms with E-state index in [9.17, 15) is 22.4 Å². The second-order valence-corrected chi connectivity index (χ2v) is 6.08. The molecule has 0 spiro atoms. The van der Waals surface area contributed by atoms with Crippen molar-refractivity contribution in [2.75, 3.05) is 31.1 Å². The highest BCUT2D eigenvalue weighted by Crippen LogP contribution is 2.33. The number of rotatable bonds is 2. The van der Waals surface area contributed by atoms with E-state index in [1.807, 2.05) is 0 Å². The lowest BCUT2D eigenvalue weighted by Crippen LogP contribution is -2.49. The van der Waals surface area contributed by atoms with E-state index in [-0.39, 0.29) is 22.3 Å². The lowest BCUT2D eigenvalue weighted by atomic mass is 10.2. The van der Waals surface area contributed by atoms with Gasteiger partial charge in [0.05, 0.1) is 10.6 Å². The molecule has 3 rings (SSSR count). The molecule has 0 N–H and O–H groups in total. The first-order valence-corrected chi connectivity index (χ1v) is 8.02. The molecule has 0 atom stereocenters. The second-order valence-electron chi connectivity index (χ2n) is 5.67. The van der Waals surface area contributed by atoms with Crippen molar-refractivity contribution in [3.8, 4) is 0 Å². The molecule has 138 valence electrons. The van der Waals surface area contributed by atoms with E-state index in [1.54, 1.807) is 4.90 Å². The first-order valence-electron chi connectivity index (χ1n) is 7.64. The number of hydrogen-bond acceptors (Lipinski definition) is 4. The molecule has 26 heavy (non-hydrogen) atoms. The summed E-state index contributed by atoms with van der Waals surface area (Å²) in [5, 5.41) is -0.101. The minimum absolute atomic E-state index is 0.101. The molecule has 0 bridgehead atoms. The molecule has 1 aliphatic heterocycles. The molecule has 3 heterocycles. The summed E-state index contributed by atoms with van der Waals surface area (Å²) in [7, 11) is 0. The normalized spacial score (nSPS) is 15.3. The summed E-state index contributed by atoms with van der Waals surface area (Å²) in [6, 6.07) is 3.32. The first kappa shape index (κ1) is 18.4. The molecule has 1 amide bonds. The third-order valence-electron chi connectivity index (χ3n) is 3.99. The number of carbonyl (C=O) groups is 1. The van der Waals surface area contributed by atoms with E-state index in [4.69, 9.17) is 11.6 Å². The number of carbonyl (C=O) groups excluding carboxylic acids is 1. The molecular weight excluding hydrogens is 376 g/mol. The first-order chi connectivity index (χ1) is 12.3. The largest absolute Gasteiger partial charge is 0.417 e. The maximum Gasteiger partial charge on any atom is 0.417 e. The van der Waals surface area contributed by atoms with Crippen molar-refractivity contribution >= 4 is 23.3 Å². The highest BCUT2D eigenvalue weighted by atomic mass is 35.5. The Balaban J connectivity index is 1.68. The Kier molecular flexibility index (Phi) is 4.99. The van der Waals surface area contributed by atoms with Crippen LogP contribution in [0.4, 0.5) is 23.4 Å². The number of pyridine rings is 2. The van der Waals surface area contributed by atoms with Crippen LogP contribution in [0.3, 0.4) is 0 Å². The topological polar surface area (TPSA) is 49.3 Å². The van der Waals surface area contributed by atoms with Crippen LogP contribution in [0.15, 0.2) is 30.6 Å². The van der Waals surface area contributed by atoms with Gasteiger partial charge < -0.3 is 9.80 Å². The molecule has 0 saturated carbocycles. The average molecular weight is 389 g/mol. The molecule has 1 saturated heterocycles. The third-order valence-corrected chi connectivity index (χ3v) is 4.27. The van der Waals surface area contributed by atoms with Gasteiger partial charge in [0.1, 0.15) is 5.82 Å². The summed E-state index contributed by atoms with van der Waals surface area (Å²) in [5.74, 6) is -0.839. The van der Waals surface area contributed by atoms with Gasteiger partial charge in [-0.25, -0.2) is 9.97 Å². The molecule has 2 aromatic rings. The minimum atomic E-state index is -4.51. The molecule has 10 heteroatoms. The number of hydrogen-bond donors (Lipinski definition) is 0. The molecule has 0 aromatic carbocycles. The van der Waals surface area contributed by atoms with Crippen LogP contribution >= 0.6 is 11.6 Å². The lowest BCUT2D eigenvalue weighted by Gasteiger charge is -2.35. The lowest BCUT2D eigenvalue weighted by molar-refractivity contribution is -0.137. The molecule has 5 nitrogen and oxygen atoms in total. The highest BCUT2D eigenvalue weighted by Gasteiger charge is 2.32. The number of aromatic nitrogens is 2. The van der Waals surface area contributed by atoms with Crippen molar-refractivity contribution in [2.24, 2.45) is 0 Å². The summed E-state index contributed by atoms with van der Waals surface area (Å²) in [4.78, 5) is 22.8. The molecule has 0 radical (unpaired) electrons. The van der Waals surface area contributed by atoms with E-state index >= 15 is 0 Å². The van der Waals surface area contributed by atoms with Gasteiger partial charge in [0.2, 0.25) is 5.95 Å². The van der Waals surface area contributed by atoms with Crippen LogP contribution in [0.25, 0.3) is 0 Å². The quantitative estimate of drug-likeness (QED) is 0.585. The highest BCUT2D eigenvalue weighted by molar-refractivity contribution is 6.33. The Labute approximate surface area is 151 Å². The second kappa shape index (κ2) is 7.06. The van der Waals surface area contributed by atoms with Crippen LogP contribution in [0.1, 0.15) is 15.9 Å². The molecule has 0 unspecified atom stereocenters. The zero-order valence-corrected chi connectivity index (χ0v) is 14.1. The Morgan fingerprint density at radius 2 is 1.81 bits per heavy atom. The van der Waals surface area contributed by atoms with Gasteiger partial charge in [-0.1, -0.05) is 11.6 Å². The van der Waals surface area contributed by atoms with Gasteiger partial charge in [0.25, 0.3) is 5.91 Å². The monoisotopic (exact) mass is 388 g/mol. The van der Waals surface area contributed by atoms with Crippen molar-refractivity contribution in [1.82, 2.24) is 14.9 Å². The fourth-order valence-corrected chi connectivity index (χ4v) is 2.94. The summed E-state index contributed by atoms with van der Waals surface area (Å²) < 4.78 is 51.2. The van der Waals surface area contributed by atoms with Crippen molar-refractivity contribution in [3.63, 3.8) is 0 Å². The van der Waals surface area contributed by atoms with Gasteiger partial charge in [-0.2, -0.15) is 17.6 Å². The van der Waals surface area contributed by atoms with Crippen molar-refractivity contribution in [3.05, 3.63) is 52.7 Å². The van der Waals surface area contributed by atoms with Gasteiger partial charge in [0, 0.05) is 50.2 Å². The summed E-state index contributed by atoms with van der Waals surface area (Å²) in [6.45, 7) is 1.30. The van der Waals surface area contributed by atoms with Gasteiger partial charge in [-0.05, 0) is 12.1 Å². The molecule has 1 aliphatic rings. The molecule has 0 aliphatic carbocycles. The number of amides is 1. The number of alkyl halides is 3. The molecule has 2 aromatic heterocycles. The minimum Gasteiger partial charge on any atom is -0.352 e. The molecular formula is C16H13ClF4N4O. The number of piperazine rings is 1. The average Bonchev–Trinajstić information content (AvgIpc) is 2.60. The van der Waals surface area contributed by atoms with E-state index < -0.39 is 17.7 Å². The summed E-state index contributed by atoms with van der Waals surface area (Å²) in [6.07, 6.45) is -2.57. The number of halogens is 5. The Morgan fingerprint density at radius 3 is 2.38 bits per heavy atom. The van der Waals surface area contributed by atoms with E-state index in [2.05, 4.69) is 9.97 Å². The fourth-order valence-electron chi connectivity index (χ4n) is 2.66. The smallest absolute Gasteiger partial charge is 0.352 e.